The molecule has 5 nitrogen and oxygen atoms in total. The molecule has 3 aromatic rings. The first-order chi connectivity index (χ1) is 16.1. The van der Waals surface area contributed by atoms with Gasteiger partial charge in [0, 0.05) is 29.5 Å². The first-order valence-corrected chi connectivity index (χ1v) is 10.6. The number of Topliss-reactive ketones (excluding diaryl/α,β-unsaturated/α-hetero) is 2. The van der Waals surface area contributed by atoms with Crippen molar-refractivity contribution in [1.82, 2.24) is 4.57 Å². The highest BCUT2D eigenvalue weighted by Crippen LogP contribution is 2.49. The largest absolute Gasteiger partial charge is 0.465 e. The van der Waals surface area contributed by atoms with Crippen molar-refractivity contribution in [3.63, 3.8) is 0 Å². The van der Waals surface area contributed by atoms with E-state index in [0.717, 1.165) is 6.20 Å². The van der Waals surface area contributed by atoms with E-state index in [1.165, 1.54) is 16.7 Å². The fraction of sp³-hybridized carbons (Fsp3) is 0.269. The van der Waals surface area contributed by atoms with Gasteiger partial charge in [0.25, 0.3) is 5.78 Å². The van der Waals surface area contributed by atoms with Gasteiger partial charge in [-0.2, -0.15) is 13.2 Å². The van der Waals surface area contributed by atoms with Crippen molar-refractivity contribution in [2.75, 3.05) is 6.61 Å². The van der Waals surface area contributed by atoms with Gasteiger partial charge in [-0.15, -0.1) is 6.42 Å². The number of para-hydroxylation sites is 1. The number of esters is 1. The summed E-state index contributed by atoms with van der Waals surface area (Å²) in [6.45, 7) is 1.41. The zero-order valence-corrected chi connectivity index (χ0v) is 18.2. The SMILES string of the molecule is C#CC1(C(=O)OCC)Cn2cc(C(=O)C(F)(F)F)c3cccc(c32)C1CC(=O)c1ccccc1. The normalized spacial score (nSPS) is 19.4. The minimum atomic E-state index is -5.07. The maximum Gasteiger partial charge on any atom is 0.454 e. The Morgan fingerprint density at radius 2 is 1.85 bits per heavy atom. The lowest BCUT2D eigenvalue weighted by Crippen LogP contribution is -2.44. The topological polar surface area (TPSA) is 65.4 Å². The van der Waals surface area contributed by atoms with E-state index in [1.807, 2.05) is 0 Å². The van der Waals surface area contributed by atoms with E-state index in [4.69, 9.17) is 11.2 Å². The minimum Gasteiger partial charge on any atom is -0.465 e. The summed E-state index contributed by atoms with van der Waals surface area (Å²) in [7, 11) is 0. The van der Waals surface area contributed by atoms with Crippen molar-refractivity contribution >= 4 is 28.4 Å². The predicted octanol–water partition coefficient (Wildman–Crippen LogP) is 4.94. The summed E-state index contributed by atoms with van der Waals surface area (Å²) >= 11 is 0. The number of benzene rings is 2. The zero-order chi connectivity index (χ0) is 24.7. The molecule has 0 aliphatic carbocycles. The highest BCUT2D eigenvalue weighted by Gasteiger charge is 2.52. The van der Waals surface area contributed by atoms with Crippen LogP contribution in [-0.2, 0) is 16.1 Å². The summed E-state index contributed by atoms with van der Waals surface area (Å²) in [5, 5.41) is 0.0893. The number of carbonyl (C=O) groups is 3. The Morgan fingerprint density at radius 1 is 1.15 bits per heavy atom. The minimum absolute atomic E-state index is 0.0299. The Bertz CT molecular complexity index is 1330. The molecule has 0 saturated heterocycles. The van der Waals surface area contributed by atoms with Crippen LogP contribution in [0.25, 0.3) is 10.9 Å². The van der Waals surface area contributed by atoms with Crippen LogP contribution in [0.5, 0.6) is 0 Å². The maximum atomic E-state index is 13.3. The Hall–Kier alpha value is -3.86. The molecule has 2 atom stereocenters. The number of carbonyl (C=O) groups excluding carboxylic acids is 3. The number of ketones is 2. The van der Waals surface area contributed by atoms with Crippen molar-refractivity contribution in [2.45, 2.75) is 32.0 Å². The molecular weight excluding hydrogens is 447 g/mol. The number of aromatic nitrogens is 1. The van der Waals surface area contributed by atoms with Crippen LogP contribution in [0, 0.1) is 17.8 Å². The van der Waals surface area contributed by atoms with Crippen LogP contribution in [0.4, 0.5) is 13.2 Å². The molecule has 8 heteroatoms. The Morgan fingerprint density at radius 3 is 2.47 bits per heavy atom. The molecule has 0 fully saturated rings. The summed E-state index contributed by atoms with van der Waals surface area (Å²) in [5.41, 5.74) is -1.01. The first kappa shape index (κ1) is 23.3. The fourth-order valence-electron chi connectivity index (χ4n) is 4.66. The van der Waals surface area contributed by atoms with Crippen LogP contribution in [0.1, 0.15) is 45.5 Å². The Labute approximate surface area is 193 Å². The van der Waals surface area contributed by atoms with Crippen LogP contribution in [0.15, 0.2) is 54.7 Å². The van der Waals surface area contributed by atoms with Crippen LogP contribution in [0.3, 0.4) is 0 Å². The highest BCUT2D eigenvalue weighted by molar-refractivity contribution is 6.11. The number of halogens is 3. The second-order valence-electron chi connectivity index (χ2n) is 8.12. The molecule has 1 aliphatic rings. The van der Waals surface area contributed by atoms with Gasteiger partial charge in [0.15, 0.2) is 11.2 Å². The molecule has 2 heterocycles. The van der Waals surface area contributed by atoms with E-state index in [1.54, 1.807) is 43.3 Å². The number of terminal acetylenes is 1. The number of hydrogen-bond acceptors (Lipinski definition) is 4. The van der Waals surface area contributed by atoms with Crippen molar-refractivity contribution in [1.29, 1.82) is 0 Å². The van der Waals surface area contributed by atoms with E-state index >= 15 is 0 Å². The van der Waals surface area contributed by atoms with E-state index in [-0.39, 0.29) is 30.7 Å². The maximum absolute atomic E-state index is 13.3. The number of alkyl halides is 3. The smallest absolute Gasteiger partial charge is 0.454 e. The number of ether oxygens (including phenoxy) is 1. The van der Waals surface area contributed by atoms with Gasteiger partial charge in [-0.25, -0.2) is 0 Å². The Balaban J connectivity index is 1.93. The third kappa shape index (κ3) is 3.67. The predicted molar refractivity (Wildman–Crippen MR) is 118 cm³/mol. The van der Waals surface area contributed by atoms with E-state index in [0.29, 0.717) is 16.6 Å². The molecule has 0 saturated carbocycles. The third-order valence-electron chi connectivity index (χ3n) is 6.20. The van der Waals surface area contributed by atoms with Crippen LogP contribution in [-0.4, -0.2) is 34.9 Å². The molecule has 0 radical (unpaired) electrons. The van der Waals surface area contributed by atoms with Crippen molar-refractivity contribution in [2.24, 2.45) is 5.41 Å². The van der Waals surface area contributed by atoms with Crippen molar-refractivity contribution in [3.05, 3.63) is 71.4 Å². The summed E-state index contributed by atoms with van der Waals surface area (Å²) in [6, 6.07) is 13.0. The van der Waals surface area contributed by atoms with Gasteiger partial charge in [-0.05, 0) is 12.5 Å². The molecule has 0 bridgehead atoms. The van der Waals surface area contributed by atoms with Crippen LogP contribution in [0.2, 0.25) is 0 Å². The number of hydrogen-bond donors (Lipinski definition) is 0. The quantitative estimate of drug-likeness (QED) is 0.293. The molecule has 2 aromatic carbocycles. The first-order valence-electron chi connectivity index (χ1n) is 10.6. The molecule has 34 heavy (non-hydrogen) atoms. The highest BCUT2D eigenvalue weighted by atomic mass is 19.4. The molecule has 0 amide bonds. The molecule has 0 N–H and O–H groups in total. The zero-order valence-electron chi connectivity index (χ0n) is 18.2. The lowest BCUT2D eigenvalue weighted by atomic mass is 9.67. The standard InChI is InChI=1S/C26H20F3NO4/c1-3-25(24(33)34-4-2)15-30-14-19(23(32)26(27,28)29)17-11-8-12-18(22(17)30)20(25)13-21(31)16-9-6-5-7-10-16/h1,5-12,14,20H,4,13,15H2,2H3. The summed E-state index contributed by atoms with van der Waals surface area (Å²) in [4.78, 5) is 38.4. The fourth-order valence-corrected chi connectivity index (χ4v) is 4.66. The second-order valence-corrected chi connectivity index (χ2v) is 8.12. The van der Waals surface area contributed by atoms with Crippen molar-refractivity contribution in [3.8, 4) is 12.3 Å². The van der Waals surface area contributed by atoms with Gasteiger partial charge >= 0.3 is 12.1 Å². The average Bonchev–Trinajstić information content (AvgIpc) is 3.19. The monoisotopic (exact) mass is 467 g/mol. The third-order valence-corrected chi connectivity index (χ3v) is 6.20. The molecule has 4 rings (SSSR count). The molecule has 1 aromatic heterocycles. The van der Waals surface area contributed by atoms with Gasteiger partial charge in [-0.3, -0.25) is 14.4 Å². The second kappa shape index (κ2) is 8.49. The van der Waals surface area contributed by atoms with Crippen molar-refractivity contribution < 1.29 is 32.3 Å². The van der Waals surface area contributed by atoms with Crippen LogP contribution < -0.4 is 0 Å². The molecule has 174 valence electrons. The summed E-state index contributed by atoms with van der Waals surface area (Å²) in [5.74, 6) is -1.38. The van der Waals surface area contributed by atoms with Gasteiger partial charge in [0.05, 0.1) is 24.2 Å². The molecule has 0 spiro atoms. The average molecular weight is 467 g/mol. The summed E-state index contributed by atoms with van der Waals surface area (Å²) < 4.78 is 46.4. The summed E-state index contributed by atoms with van der Waals surface area (Å²) in [6.07, 6.45) is 1.71. The van der Waals surface area contributed by atoms with Gasteiger partial charge < -0.3 is 9.30 Å². The molecular formula is C26H20F3NO4. The lowest BCUT2D eigenvalue weighted by molar-refractivity contribution is -0.154. The van der Waals surface area contributed by atoms with Gasteiger partial charge in [0.2, 0.25) is 0 Å². The van der Waals surface area contributed by atoms with Crippen LogP contribution >= 0.6 is 0 Å². The number of nitrogens with zero attached hydrogens (tertiary/aromatic N) is 1. The lowest BCUT2D eigenvalue weighted by Gasteiger charge is -2.39. The Kier molecular flexibility index (Phi) is 5.82. The van der Waals surface area contributed by atoms with E-state index in [2.05, 4.69) is 5.92 Å². The number of rotatable bonds is 6. The molecule has 1 aliphatic heterocycles. The van der Waals surface area contributed by atoms with Gasteiger partial charge in [-0.1, -0.05) is 54.5 Å². The van der Waals surface area contributed by atoms with E-state index < -0.39 is 34.8 Å². The van der Waals surface area contributed by atoms with E-state index in [9.17, 15) is 27.6 Å². The molecule has 2 unspecified atom stereocenters. The van der Waals surface area contributed by atoms with Gasteiger partial charge in [0.1, 0.15) is 0 Å².